The van der Waals surface area contributed by atoms with Gasteiger partial charge in [0.15, 0.2) is 0 Å². The molecule has 2 aromatic rings. The van der Waals surface area contributed by atoms with Crippen LogP contribution in [0.2, 0.25) is 0 Å². The van der Waals surface area contributed by atoms with Crippen LogP contribution in [-0.2, 0) is 12.8 Å². The van der Waals surface area contributed by atoms with Gasteiger partial charge in [0.1, 0.15) is 11.6 Å². The van der Waals surface area contributed by atoms with Crippen LogP contribution < -0.4 is 11.1 Å². The normalized spacial score (nSPS) is 10.9. The molecule has 0 spiro atoms. The standard InChI is InChI=1S/2C11H18N2O/c2*1-5-6-9-10(7(2)3)11(14)13-8(4)12-9/h2*7H,5-6H2,1-4H3,(H,12,13,14). The Labute approximate surface area is 168 Å². The molecule has 0 atom stereocenters. The van der Waals surface area contributed by atoms with Crippen molar-refractivity contribution in [2.24, 2.45) is 0 Å². The van der Waals surface area contributed by atoms with Gasteiger partial charge in [-0.15, -0.1) is 0 Å². The number of rotatable bonds is 6. The Morgan fingerprint density at radius 3 is 1.29 bits per heavy atom. The lowest BCUT2D eigenvalue weighted by Crippen LogP contribution is -2.20. The van der Waals surface area contributed by atoms with Crippen molar-refractivity contribution in [2.45, 2.75) is 92.9 Å². The summed E-state index contributed by atoms with van der Waals surface area (Å²) in [7, 11) is 0. The number of hydrogen-bond donors (Lipinski definition) is 2. The van der Waals surface area contributed by atoms with E-state index in [0.717, 1.165) is 48.2 Å². The molecule has 0 saturated carbocycles. The molecule has 0 aromatic carbocycles. The van der Waals surface area contributed by atoms with Crippen LogP contribution in [0.4, 0.5) is 0 Å². The Morgan fingerprint density at radius 2 is 1.04 bits per heavy atom. The summed E-state index contributed by atoms with van der Waals surface area (Å²) in [5.74, 6) is 1.91. The first-order valence-corrected chi connectivity index (χ1v) is 10.3. The Kier molecular flexibility index (Phi) is 9.29. The van der Waals surface area contributed by atoms with Crippen molar-refractivity contribution in [1.29, 1.82) is 0 Å². The number of aromatic nitrogens is 4. The first kappa shape index (κ1) is 23.8. The average Bonchev–Trinajstić information content (AvgIpc) is 2.53. The van der Waals surface area contributed by atoms with Crippen LogP contribution in [0, 0.1) is 13.8 Å². The van der Waals surface area contributed by atoms with Crippen molar-refractivity contribution >= 4 is 0 Å². The van der Waals surface area contributed by atoms with Crippen molar-refractivity contribution in [3.8, 4) is 0 Å². The molecule has 0 aliphatic rings. The molecular formula is C22H36N4O2. The number of nitrogens with one attached hydrogen (secondary N) is 2. The minimum Gasteiger partial charge on any atom is -0.311 e. The van der Waals surface area contributed by atoms with Crippen molar-refractivity contribution < 1.29 is 0 Å². The van der Waals surface area contributed by atoms with E-state index in [-0.39, 0.29) is 23.0 Å². The number of aryl methyl sites for hydroxylation is 4. The molecule has 6 heteroatoms. The molecule has 0 unspecified atom stereocenters. The highest BCUT2D eigenvalue weighted by Gasteiger charge is 2.13. The Balaban J connectivity index is 0.000000280. The van der Waals surface area contributed by atoms with Crippen LogP contribution in [-0.4, -0.2) is 19.9 Å². The Hall–Kier alpha value is -2.24. The molecule has 0 fully saturated rings. The summed E-state index contributed by atoms with van der Waals surface area (Å²) in [5.41, 5.74) is 3.66. The summed E-state index contributed by atoms with van der Waals surface area (Å²) in [5, 5.41) is 0. The second-order valence-electron chi connectivity index (χ2n) is 7.83. The van der Waals surface area contributed by atoms with E-state index in [2.05, 4.69) is 33.8 Å². The molecule has 0 amide bonds. The van der Waals surface area contributed by atoms with Crippen molar-refractivity contribution in [3.05, 3.63) is 54.9 Å². The van der Waals surface area contributed by atoms with E-state index >= 15 is 0 Å². The third-order valence-corrected chi connectivity index (χ3v) is 4.43. The van der Waals surface area contributed by atoms with Gasteiger partial charge in [-0.25, -0.2) is 9.97 Å². The third-order valence-electron chi connectivity index (χ3n) is 4.43. The average molecular weight is 389 g/mol. The Bertz CT molecular complexity index is 806. The molecule has 0 radical (unpaired) electrons. The lowest BCUT2D eigenvalue weighted by molar-refractivity contribution is 0.757. The highest BCUT2D eigenvalue weighted by atomic mass is 16.1. The molecule has 156 valence electrons. The maximum absolute atomic E-state index is 11.7. The largest absolute Gasteiger partial charge is 0.311 e. The van der Waals surface area contributed by atoms with Gasteiger partial charge < -0.3 is 9.97 Å². The molecule has 2 rings (SSSR count). The number of nitrogens with zero attached hydrogens (tertiary/aromatic N) is 2. The quantitative estimate of drug-likeness (QED) is 0.771. The van der Waals surface area contributed by atoms with Gasteiger partial charge in [-0.1, -0.05) is 54.4 Å². The molecule has 6 nitrogen and oxygen atoms in total. The number of aromatic amines is 2. The van der Waals surface area contributed by atoms with Gasteiger partial charge in [0, 0.05) is 11.1 Å². The van der Waals surface area contributed by atoms with Gasteiger partial charge in [-0.05, 0) is 38.5 Å². The van der Waals surface area contributed by atoms with Gasteiger partial charge >= 0.3 is 0 Å². The second-order valence-corrected chi connectivity index (χ2v) is 7.83. The fourth-order valence-corrected chi connectivity index (χ4v) is 3.35. The maximum atomic E-state index is 11.7. The van der Waals surface area contributed by atoms with Gasteiger partial charge in [0.25, 0.3) is 11.1 Å². The molecule has 0 saturated heterocycles. The minimum atomic E-state index is 0.0240. The first-order chi connectivity index (χ1) is 13.1. The van der Waals surface area contributed by atoms with Crippen LogP contribution >= 0.6 is 0 Å². The lowest BCUT2D eigenvalue weighted by Gasteiger charge is -2.10. The predicted octanol–water partition coefficient (Wildman–Crippen LogP) is 4.31. The SMILES string of the molecule is CCCc1nc(C)[nH]c(=O)c1C(C)C.CCCc1nc(C)[nH]c(=O)c1C(C)C. The van der Waals surface area contributed by atoms with E-state index in [9.17, 15) is 9.59 Å². The number of hydrogen-bond acceptors (Lipinski definition) is 4. The smallest absolute Gasteiger partial charge is 0.254 e. The zero-order valence-corrected chi connectivity index (χ0v) is 18.7. The highest BCUT2D eigenvalue weighted by molar-refractivity contribution is 5.22. The first-order valence-electron chi connectivity index (χ1n) is 10.3. The summed E-state index contributed by atoms with van der Waals surface area (Å²) >= 11 is 0. The third kappa shape index (κ3) is 6.43. The summed E-state index contributed by atoms with van der Waals surface area (Å²) in [6.45, 7) is 16.0. The predicted molar refractivity (Wildman–Crippen MR) is 115 cm³/mol. The summed E-state index contributed by atoms with van der Waals surface area (Å²) in [6.07, 6.45) is 3.82. The molecule has 0 bridgehead atoms. The number of H-pyrrole nitrogens is 2. The molecule has 2 aromatic heterocycles. The van der Waals surface area contributed by atoms with E-state index in [4.69, 9.17) is 0 Å². The zero-order valence-electron chi connectivity index (χ0n) is 18.7. The second kappa shape index (κ2) is 10.9. The fourth-order valence-electron chi connectivity index (χ4n) is 3.35. The fraction of sp³-hybridized carbons (Fsp3) is 0.636. The van der Waals surface area contributed by atoms with Gasteiger partial charge in [-0.2, -0.15) is 0 Å². The minimum absolute atomic E-state index is 0.0240. The molecule has 0 aliphatic carbocycles. The van der Waals surface area contributed by atoms with Crippen LogP contribution in [0.3, 0.4) is 0 Å². The van der Waals surface area contributed by atoms with E-state index in [1.807, 2.05) is 41.5 Å². The summed E-state index contributed by atoms with van der Waals surface area (Å²) in [6, 6.07) is 0. The van der Waals surface area contributed by atoms with Crippen LogP contribution in [0.1, 0.15) is 100 Å². The maximum Gasteiger partial charge on any atom is 0.254 e. The molecule has 2 heterocycles. The van der Waals surface area contributed by atoms with Crippen molar-refractivity contribution in [1.82, 2.24) is 19.9 Å². The van der Waals surface area contributed by atoms with E-state index in [1.165, 1.54) is 0 Å². The van der Waals surface area contributed by atoms with E-state index < -0.39 is 0 Å². The van der Waals surface area contributed by atoms with Gasteiger partial charge in [0.05, 0.1) is 11.4 Å². The molecule has 0 aliphatic heterocycles. The molecular weight excluding hydrogens is 352 g/mol. The van der Waals surface area contributed by atoms with Crippen LogP contribution in [0.25, 0.3) is 0 Å². The molecule has 2 N–H and O–H groups in total. The van der Waals surface area contributed by atoms with Crippen molar-refractivity contribution in [2.75, 3.05) is 0 Å². The van der Waals surface area contributed by atoms with Gasteiger partial charge in [-0.3, -0.25) is 9.59 Å². The van der Waals surface area contributed by atoms with Crippen LogP contribution in [0.15, 0.2) is 9.59 Å². The zero-order chi connectivity index (χ0) is 21.4. The van der Waals surface area contributed by atoms with Crippen LogP contribution in [0.5, 0.6) is 0 Å². The summed E-state index contributed by atoms with van der Waals surface area (Å²) < 4.78 is 0. The van der Waals surface area contributed by atoms with Gasteiger partial charge in [0.2, 0.25) is 0 Å². The van der Waals surface area contributed by atoms with E-state index in [1.54, 1.807) is 0 Å². The summed E-state index contributed by atoms with van der Waals surface area (Å²) in [4.78, 5) is 37.6. The molecule has 28 heavy (non-hydrogen) atoms. The topological polar surface area (TPSA) is 91.5 Å². The monoisotopic (exact) mass is 388 g/mol. The van der Waals surface area contributed by atoms with E-state index in [0.29, 0.717) is 11.6 Å². The lowest BCUT2D eigenvalue weighted by atomic mass is 10.0. The Morgan fingerprint density at radius 1 is 0.714 bits per heavy atom. The highest BCUT2D eigenvalue weighted by Crippen LogP contribution is 2.15. The van der Waals surface area contributed by atoms with Crippen molar-refractivity contribution in [3.63, 3.8) is 0 Å².